The van der Waals surface area contributed by atoms with E-state index < -0.39 is 6.04 Å². The summed E-state index contributed by atoms with van der Waals surface area (Å²) in [6.07, 6.45) is 9.40. The predicted octanol–water partition coefficient (Wildman–Crippen LogP) is 3.81. The smallest absolute Gasteiger partial charge is 0.244 e. The van der Waals surface area contributed by atoms with Gasteiger partial charge in [0.2, 0.25) is 11.8 Å². The van der Waals surface area contributed by atoms with Crippen molar-refractivity contribution in [1.29, 1.82) is 0 Å². The number of carbonyl (C=O) groups excluding carboxylic acids is 2. The van der Waals surface area contributed by atoms with Gasteiger partial charge in [-0.05, 0) is 68.9 Å². The number of likely N-dealkylation sites (tertiary alicyclic amines) is 1. The summed E-state index contributed by atoms with van der Waals surface area (Å²) < 4.78 is 0. The predicted molar refractivity (Wildman–Crippen MR) is 130 cm³/mol. The fourth-order valence-corrected chi connectivity index (χ4v) is 4.02. The highest BCUT2D eigenvalue weighted by Gasteiger charge is 2.20. The Kier molecular flexibility index (Phi) is 10.0. The normalized spacial score (nSPS) is 15.4. The van der Waals surface area contributed by atoms with Crippen LogP contribution in [0.4, 0.5) is 0 Å². The molecule has 170 valence electrons. The highest BCUT2D eigenvalue weighted by molar-refractivity contribution is 5.95. The monoisotopic (exact) mass is 433 g/mol. The van der Waals surface area contributed by atoms with Crippen LogP contribution in [0, 0.1) is 0 Å². The summed E-state index contributed by atoms with van der Waals surface area (Å²) in [6.45, 7) is 3.81. The molecule has 0 aliphatic carbocycles. The number of nitrogens with one attached hydrogen (secondary N) is 2. The molecule has 1 atom stereocenters. The van der Waals surface area contributed by atoms with Gasteiger partial charge in [0, 0.05) is 12.6 Å². The first kappa shape index (κ1) is 23.7. The molecule has 0 radical (unpaired) electrons. The Morgan fingerprint density at radius 3 is 2.34 bits per heavy atom. The van der Waals surface area contributed by atoms with E-state index in [-0.39, 0.29) is 11.8 Å². The van der Waals surface area contributed by atoms with E-state index in [9.17, 15) is 9.59 Å². The third kappa shape index (κ3) is 8.67. The molecule has 5 heteroatoms. The molecule has 1 aliphatic rings. The van der Waals surface area contributed by atoms with E-state index in [1.165, 1.54) is 30.9 Å². The van der Waals surface area contributed by atoms with Crippen LogP contribution in [0.2, 0.25) is 0 Å². The Hall–Kier alpha value is -2.92. The highest BCUT2D eigenvalue weighted by atomic mass is 16.2. The molecule has 1 saturated heterocycles. The molecule has 0 unspecified atom stereocenters. The first-order valence-corrected chi connectivity index (χ1v) is 11.8. The van der Waals surface area contributed by atoms with Gasteiger partial charge in [0.25, 0.3) is 0 Å². The lowest BCUT2D eigenvalue weighted by atomic mass is 10.1. The molecular weight excluding hydrogens is 398 g/mol. The Bertz CT molecular complexity index is 846. The Morgan fingerprint density at radius 1 is 0.938 bits per heavy atom. The van der Waals surface area contributed by atoms with Crippen molar-refractivity contribution in [2.24, 2.45) is 0 Å². The lowest BCUT2D eigenvalue weighted by molar-refractivity contribution is -0.127. The molecule has 1 heterocycles. The molecule has 0 aromatic heterocycles. The molecule has 1 aliphatic heterocycles. The van der Waals surface area contributed by atoms with Gasteiger partial charge < -0.3 is 15.5 Å². The average molecular weight is 434 g/mol. The van der Waals surface area contributed by atoms with Crippen LogP contribution >= 0.6 is 0 Å². The number of hydrogen-bond acceptors (Lipinski definition) is 3. The number of amides is 2. The molecule has 0 bridgehead atoms. The summed E-state index contributed by atoms with van der Waals surface area (Å²) in [4.78, 5) is 27.8. The van der Waals surface area contributed by atoms with Gasteiger partial charge in [-0.3, -0.25) is 9.59 Å². The molecule has 5 nitrogen and oxygen atoms in total. The molecule has 2 N–H and O–H groups in total. The highest BCUT2D eigenvalue weighted by Crippen LogP contribution is 2.10. The summed E-state index contributed by atoms with van der Waals surface area (Å²) in [5, 5.41) is 5.92. The molecule has 3 rings (SSSR count). The van der Waals surface area contributed by atoms with Crippen molar-refractivity contribution in [1.82, 2.24) is 15.5 Å². The maximum atomic E-state index is 12.9. The van der Waals surface area contributed by atoms with Crippen LogP contribution in [0.1, 0.15) is 43.2 Å². The molecule has 32 heavy (non-hydrogen) atoms. The van der Waals surface area contributed by atoms with E-state index in [1.807, 2.05) is 48.5 Å². The number of piperidine rings is 1. The molecular formula is C27H35N3O2. The second-order valence-electron chi connectivity index (χ2n) is 8.38. The average Bonchev–Trinajstić information content (AvgIpc) is 2.84. The number of carbonyl (C=O) groups is 2. The zero-order chi connectivity index (χ0) is 22.4. The topological polar surface area (TPSA) is 61.4 Å². The van der Waals surface area contributed by atoms with Gasteiger partial charge >= 0.3 is 0 Å². The first-order chi connectivity index (χ1) is 15.7. The maximum Gasteiger partial charge on any atom is 0.244 e. The number of nitrogens with zero attached hydrogens (tertiary/aromatic N) is 1. The minimum atomic E-state index is -0.525. The van der Waals surface area contributed by atoms with Gasteiger partial charge in [-0.25, -0.2) is 0 Å². The van der Waals surface area contributed by atoms with E-state index in [0.717, 1.165) is 38.0 Å². The van der Waals surface area contributed by atoms with Crippen LogP contribution in [0.3, 0.4) is 0 Å². The quantitative estimate of drug-likeness (QED) is 0.530. The van der Waals surface area contributed by atoms with Crippen molar-refractivity contribution in [2.75, 3.05) is 26.2 Å². The van der Waals surface area contributed by atoms with E-state index in [2.05, 4.69) is 27.7 Å². The second kappa shape index (κ2) is 13.5. The third-order valence-electron chi connectivity index (χ3n) is 5.83. The van der Waals surface area contributed by atoms with Gasteiger partial charge in [0.05, 0.1) is 0 Å². The van der Waals surface area contributed by atoms with Crippen LogP contribution in [0.5, 0.6) is 0 Å². The van der Waals surface area contributed by atoms with E-state index in [1.54, 1.807) is 6.08 Å². The lowest BCUT2D eigenvalue weighted by Crippen LogP contribution is -2.47. The number of benzene rings is 2. The summed E-state index contributed by atoms with van der Waals surface area (Å²) in [5.74, 6) is -0.351. The van der Waals surface area contributed by atoms with Crippen molar-refractivity contribution in [3.63, 3.8) is 0 Å². The van der Waals surface area contributed by atoms with Crippen LogP contribution in [0.25, 0.3) is 6.08 Å². The fraction of sp³-hybridized carbons (Fsp3) is 0.407. The molecule has 1 fully saturated rings. The van der Waals surface area contributed by atoms with Gasteiger partial charge in [-0.15, -0.1) is 0 Å². The van der Waals surface area contributed by atoms with Crippen molar-refractivity contribution in [3.05, 3.63) is 77.9 Å². The summed E-state index contributed by atoms with van der Waals surface area (Å²) in [6, 6.07) is 19.3. The van der Waals surface area contributed by atoms with Crippen molar-refractivity contribution < 1.29 is 9.59 Å². The van der Waals surface area contributed by atoms with E-state index >= 15 is 0 Å². The molecule has 0 saturated carbocycles. The minimum absolute atomic E-state index is 0.110. The van der Waals surface area contributed by atoms with Crippen molar-refractivity contribution in [3.8, 4) is 0 Å². The zero-order valence-electron chi connectivity index (χ0n) is 18.8. The Labute approximate surface area is 191 Å². The summed E-state index contributed by atoms with van der Waals surface area (Å²) in [5.41, 5.74) is 2.14. The van der Waals surface area contributed by atoms with Gasteiger partial charge in [0.15, 0.2) is 0 Å². The third-order valence-corrected chi connectivity index (χ3v) is 5.83. The van der Waals surface area contributed by atoms with Crippen molar-refractivity contribution in [2.45, 2.75) is 44.6 Å². The van der Waals surface area contributed by atoms with Gasteiger partial charge in [0.1, 0.15) is 6.04 Å². The SMILES string of the molecule is O=C(/C=C/c1ccccc1)N[C@@H](CCCN1CCCCC1)C(=O)NCCc1ccccc1. The second-order valence-corrected chi connectivity index (χ2v) is 8.38. The summed E-state index contributed by atoms with van der Waals surface area (Å²) >= 11 is 0. The fourth-order valence-electron chi connectivity index (χ4n) is 4.02. The largest absolute Gasteiger partial charge is 0.354 e. The maximum absolute atomic E-state index is 12.9. The van der Waals surface area contributed by atoms with Gasteiger partial charge in [-0.1, -0.05) is 67.1 Å². The number of rotatable bonds is 11. The van der Waals surface area contributed by atoms with E-state index in [0.29, 0.717) is 13.0 Å². The van der Waals surface area contributed by atoms with Crippen molar-refractivity contribution >= 4 is 17.9 Å². The van der Waals surface area contributed by atoms with E-state index in [4.69, 9.17) is 0 Å². The lowest BCUT2D eigenvalue weighted by Gasteiger charge is -2.27. The van der Waals surface area contributed by atoms with Crippen LogP contribution in [-0.2, 0) is 16.0 Å². The van der Waals surface area contributed by atoms with Crippen LogP contribution in [-0.4, -0.2) is 48.9 Å². The summed E-state index contributed by atoms with van der Waals surface area (Å²) in [7, 11) is 0. The Morgan fingerprint density at radius 2 is 1.62 bits per heavy atom. The standard InChI is InChI=1S/C27H35N3O2/c31-26(17-16-23-11-4-1-5-12-23)29-25(15-10-22-30-20-8-3-9-21-30)27(32)28-19-18-24-13-6-2-7-14-24/h1-2,4-7,11-14,16-17,25H,3,8-10,15,18-22H2,(H,28,32)(H,29,31)/b17-16+/t25-/m0/s1. The molecule has 2 amide bonds. The molecule has 2 aromatic carbocycles. The number of hydrogen-bond donors (Lipinski definition) is 2. The van der Waals surface area contributed by atoms with Crippen LogP contribution in [0.15, 0.2) is 66.7 Å². The zero-order valence-corrected chi connectivity index (χ0v) is 18.8. The molecule has 0 spiro atoms. The molecule has 2 aromatic rings. The minimum Gasteiger partial charge on any atom is -0.354 e. The van der Waals surface area contributed by atoms with Crippen LogP contribution < -0.4 is 10.6 Å². The van der Waals surface area contributed by atoms with Gasteiger partial charge in [-0.2, -0.15) is 0 Å². The Balaban J connectivity index is 1.51. The first-order valence-electron chi connectivity index (χ1n) is 11.8.